The first-order valence-corrected chi connectivity index (χ1v) is 7.68. The molecule has 0 aliphatic carbocycles. The lowest BCUT2D eigenvalue weighted by atomic mass is 10.1. The highest BCUT2D eigenvalue weighted by Crippen LogP contribution is 2.28. The SMILES string of the molecule is CC(c1ccc(Cl)cc1)N(C)S(=O)(=O)c1cn[nH]c1N. The molecule has 108 valence electrons. The lowest BCUT2D eigenvalue weighted by molar-refractivity contribution is 0.398. The summed E-state index contributed by atoms with van der Waals surface area (Å²) in [5.74, 6) is 0.0279. The lowest BCUT2D eigenvalue weighted by Crippen LogP contribution is -2.30. The molecule has 2 rings (SSSR count). The van der Waals surface area contributed by atoms with Crippen LogP contribution in [0.2, 0.25) is 5.02 Å². The third kappa shape index (κ3) is 2.65. The van der Waals surface area contributed by atoms with Gasteiger partial charge in [-0.25, -0.2) is 8.42 Å². The van der Waals surface area contributed by atoms with Crippen LogP contribution >= 0.6 is 11.6 Å². The van der Waals surface area contributed by atoms with E-state index in [4.69, 9.17) is 17.3 Å². The van der Waals surface area contributed by atoms with Crippen LogP contribution in [0.1, 0.15) is 18.5 Å². The van der Waals surface area contributed by atoms with E-state index in [-0.39, 0.29) is 16.8 Å². The van der Waals surface area contributed by atoms with Gasteiger partial charge in [0.05, 0.1) is 6.20 Å². The Hall–Kier alpha value is -1.57. The summed E-state index contributed by atoms with van der Waals surface area (Å²) >= 11 is 5.83. The molecule has 1 atom stereocenters. The quantitative estimate of drug-likeness (QED) is 0.903. The molecule has 6 nitrogen and oxygen atoms in total. The van der Waals surface area contributed by atoms with E-state index in [2.05, 4.69) is 10.2 Å². The molecule has 0 spiro atoms. The van der Waals surface area contributed by atoms with E-state index >= 15 is 0 Å². The van der Waals surface area contributed by atoms with Gasteiger partial charge < -0.3 is 5.73 Å². The molecule has 0 amide bonds. The Morgan fingerprint density at radius 3 is 2.45 bits per heavy atom. The van der Waals surface area contributed by atoms with E-state index in [0.717, 1.165) is 5.56 Å². The second kappa shape index (κ2) is 5.43. The minimum atomic E-state index is -3.70. The first-order valence-electron chi connectivity index (χ1n) is 5.86. The highest BCUT2D eigenvalue weighted by Gasteiger charge is 2.29. The minimum Gasteiger partial charge on any atom is -0.383 e. The van der Waals surface area contributed by atoms with E-state index in [1.165, 1.54) is 17.5 Å². The molecule has 0 saturated heterocycles. The maximum absolute atomic E-state index is 12.5. The molecule has 8 heteroatoms. The molecule has 20 heavy (non-hydrogen) atoms. The van der Waals surface area contributed by atoms with Crippen molar-refractivity contribution in [2.45, 2.75) is 17.9 Å². The van der Waals surface area contributed by atoms with Crippen molar-refractivity contribution < 1.29 is 8.42 Å². The van der Waals surface area contributed by atoms with Crippen molar-refractivity contribution in [3.8, 4) is 0 Å². The predicted molar refractivity (Wildman–Crippen MR) is 77.8 cm³/mol. The van der Waals surface area contributed by atoms with Gasteiger partial charge >= 0.3 is 0 Å². The van der Waals surface area contributed by atoms with Crippen LogP contribution in [0, 0.1) is 0 Å². The zero-order valence-electron chi connectivity index (χ0n) is 11.0. The van der Waals surface area contributed by atoms with E-state index in [9.17, 15) is 8.42 Å². The van der Waals surface area contributed by atoms with Gasteiger partial charge in [0.1, 0.15) is 10.7 Å². The number of nitrogens with two attached hydrogens (primary N) is 1. The molecule has 0 aliphatic heterocycles. The van der Waals surface area contributed by atoms with Crippen LogP contribution in [0.5, 0.6) is 0 Å². The molecule has 0 fully saturated rings. The Labute approximate surface area is 122 Å². The van der Waals surface area contributed by atoms with Crippen LogP contribution in [0.25, 0.3) is 0 Å². The predicted octanol–water partition coefficient (Wildman–Crippen LogP) is 2.03. The van der Waals surface area contributed by atoms with Crippen molar-refractivity contribution in [1.29, 1.82) is 0 Å². The van der Waals surface area contributed by atoms with Crippen LogP contribution in [-0.2, 0) is 10.0 Å². The van der Waals surface area contributed by atoms with Gasteiger partial charge in [-0.1, -0.05) is 23.7 Å². The van der Waals surface area contributed by atoms with Gasteiger partial charge in [-0.15, -0.1) is 0 Å². The molecule has 1 heterocycles. The van der Waals surface area contributed by atoms with E-state index in [1.807, 2.05) is 0 Å². The fourth-order valence-corrected chi connectivity index (χ4v) is 3.29. The maximum atomic E-state index is 12.5. The molecule has 1 aromatic carbocycles. The van der Waals surface area contributed by atoms with E-state index < -0.39 is 10.0 Å². The highest BCUT2D eigenvalue weighted by atomic mass is 35.5. The number of halogens is 1. The summed E-state index contributed by atoms with van der Waals surface area (Å²) in [6.07, 6.45) is 1.20. The number of rotatable bonds is 4. The van der Waals surface area contributed by atoms with Gasteiger partial charge in [0.2, 0.25) is 10.0 Å². The smallest absolute Gasteiger partial charge is 0.248 e. The average molecular weight is 315 g/mol. The molecular formula is C12H15ClN4O2S. The summed E-state index contributed by atoms with van der Waals surface area (Å²) in [4.78, 5) is -0.0270. The van der Waals surface area contributed by atoms with Crippen LogP contribution in [0.3, 0.4) is 0 Å². The maximum Gasteiger partial charge on any atom is 0.248 e. The van der Waals surface area contributed by atoms with Crippen molar-refractivity contribution in [1.82, 2.24) is 14.5 Å². The van der Waals surface area contributed by atoms with Crippen LogP contribution in [0.4, 0.5) is 5.82 Å². The summed E-state index contributed by atoms with van der Waals surface area (Å²) < 4.78 is 26.2. The van der Waals surface area contributed by atoms with Gasteiger partial charge in [0, 0.05) is 18.1 Å². The fourth-order valence-electron chi connectivity index (χ4n) is 1.81. The molecular weight excluding hydrogens is 300 g/mol. The number of nitrogens with zero attached hydrogens (tertiary/aromatic N) is 2. The number of hydrogen-bond acceptors (Lipinski definition) is 4. The lowest BCUT2D eigenvalue weighted by Gasteiger charge is -2.24. The number of aromatic nitrogens is 2. The van der Waals surface area contributed by atoms with Gasteiger partial charge in [0.25, 0.3) is 0 Å². The third-order valence-electron chi connectivity index (χ3n) is 3.19. The van der Waals surface area contributed by atoms with E-state index in [1.54, 1.807) is 31.2 Å². The van der Waals surface area contributed by atoms with Crippen LogP contribution in [0.15, 0.2) is 35.4 Å². The largest absolute Gasteiger partial charge is 0.383 e. The fraction of sp³-hybridized carbons (Fsp3) is 0.250. The summed E-state index contributed by atoms with van der Waals surface area (Å²) in [6.45, 7) is 1.79. The van der Waals surface area contributed by atoms with Gasteiger partial charge in [-0.3, -0.25) is 5.10 Å². The average Bonchev–Trinajstić information content (AvgIpc) is 2.85. The zero-order valence-corrected chi connectivity index (χ0v) is 12.6. The molecule has 0 aliphatic rings. The van der Waals surface area contributed by atoms with Gasteiger partial charge in [0.15, 0.2) is 0 Å². The number of nitrogen functional groups attached to an aromatic ring is 1. The van der Waals surface area contributed by atoms with Crippen molar-refractivity contribution in [2.24, 2.45) is 0 Å². The monoisotopic (exact) mass is 314 g/mol. The minimum absolute atomic E-state index is 0.0270. The van der Waals surface area contributed by atoms with Crippen LogP contribution in [-0.4, -0.2) is 30.0 Å². The number of H-pyrrole nitrogens is 1. The van der Waals surface area contributed by atoms with Crippen molar-refractivity contribution >= 4 is 27.4 Å². The summed E-state index contributed by atoms with van der Waals surface area (Å²) in [5, 5.41) is 6.66. The zero-order chi connectivity index (χ0) is 14.9. The molecule has 1 unspecified atom stereocenters. The number of aromatic amines is 1. The van der Waals surface area contributed by atoms with Gasteiger partial charge in [-0.05, 0) is 24.6 Å². The summed E-state index contributed by atoms with van der Waals surface area (Å²) in [7, 11) is -2.20. The number of hydrogen-bond donors (Lipinski definition) is 2. The molecule has 2 aromatic rings. The van der Waals surface area contributed by atoms with Crippen molar-refractivity contribution in [2.75, 3.05) is 12.8 Å². The first-order chi connectivity index (χ1) is 9.34. The number of benzene rings is 1. The summed E-state index contributed by atoms with van der Waals surface area (Å²) in [6, 6.07) is 6.67. The first kappa shape index (κ1) is 14.8. The second-order valence-corrected chi connectivity index (χ2v) is 6.80. The Bertz CT molecular complexity index is 697. The Kier molecular flexibility index (Phi) is 4.03. The summed E-state index contributed by atoms with van der Waals surface area (Å²) in [5.41, 5.74) is 6.42. The van der Waals surface area contributed by atoms with E-state index in [0.29, 0.717) is 5.02 Å². The van der Waals surface area contributed by atoms with Crippen LogP contribution < -0.4 is 5.73 Å². The van der Waals surface area contributed by atoms with Crippen molar-refractivity contribution in [3.05, 3.63) is 41.0 Å². The number of nitrogens with one attached hydrogen (secondary N) is 1. The molecule has 1 aromatic heterocycles. The number of sulfonamides is 1. The second-order valence-electron chi connectivity index (χ2n) is 4.40. The third-order valence-corrected chi connectivity index (χ3v) is 5.39. The Morgan fingerprint density at radius 2 is 1.95 bits per heavy atom. The molecule has 0 radical (unpaired) electrons. The molecule has 0 saturated carbocycles. The number of anilines is 1. The highest BCUT2D eigenvalue weighted by molar-refractivity contribution is 7.89. The molecule has 0 bridgehead atoms. The standard InChI is InChI=1S/C12H15ClN4O2S/c1-8(9-3-5-10(13)6-4-9)17(2)20(18,19)11-7-15-16-12(11)14/h3-8H,1-2H3,(H3,14,15,16). The van der Waals surface area contributed by atoms with Gasteiger partial charge in [-0.2, -0.15) is 9.40 Å². The Balaban J connectivity index is 2.33. The van der Waals surface area contributed by atoms with Crippen molar-refractivity contribution in [3.63, 3.8) is 0 Å². The molecule has 3 N–H and O–H groups in total. The Morgan fingerprint density at radius 1 is 1.35 bits per heavy atom. The normalized spacial score (nSPS) is 13.6. The topological polar surface area (TPSA) is 92.1 Å².